The van der Waals surface area contributed by atoms with Crippen LogP contribution in [-0.4, -0.2) is 22.0 Å². The summed E-state index contributed by atoms with van der Waals surface area (Å²) in [6.07, 6.45) is 1.06. The highest BCUT2D eigenvalue weighted by molar-refractivity contribution is 6.14. The van der Waals surface area contributed by atoms with Crippen LogP contribution in [0.25, 0.3) is 5.76 Å². The van der Waals surface area contributed by atoms with E-state index in [1.54, 1.807) is 18.2 Å². The first kappa shape index (κ1) is 9.45. The van der Waals surface area contributed by atoms with Crippen LogP contribution in [0.3, 0.4) is 0 Å². The van der Waals surface area contributed by atoms with Gasteiger partial charge in [-0.3, -0.25) is 9.59 Å². The minimum Gasteiger partial charge on any atom is -0.508 e. The number of carbonyl (C=O) groups excluding carboxylic acids is 1. The van der Waals surface area contributed by atoms with Crippen molar-refractivity contribution in [2.75, 3.05) is 0 Å². The molecule has 0 heterocycles. The van der Waals surface area contributed by atoms with Crippen LogP contribution in [0.4, 0.5) is 0 Å². The van der Waals surface area contributed by atoms with Gasteiger partial charge in [0.1, 0.15) is 11.7 Å². The third kappa shape index (κ3) is 1.40. The highest BCUT2D eigenvalue weighted by atomic mass is 16.4. The number of fused-ring (bicyclic) bond motifs is 1. The molecule has 0 aliphatic heterocycles. The fourth-order valence-corrected chi connectivity index (χ4v) is 1.60. The smallest absolute Gasteiger partial charge is 0.318 e. The Morgan fingerprint density at radius 3 is 2.40 bits per heavy atom. The second-order valence-electron chi connectivity index (χ2n) is 3.28. The van der Waals surface area contributed by atoms with E-state index in [0.29, 0.717) is 5.56 Å². The van der Waals surface area contributed by atoms with Gasteiger partial charge in [-0.05, 0) is 6.08 Å². The highest BCUT2D eigenvalue weighted by Crippen LogP contribution is 2.27. The number of aliphatic carboxylic acids is 1. The van der Waals surface area contributed by atoms with Gasteiger partial charge in [0.2, 0.25) is 0 Å². The molecule has 2 rings (SSSR count). The van der Waals surface area contributed by atoms with Gasteiger partial charge in [0.25, 0.3) is 0 Å². The Kier molecular flexibility index (Phi) is 2.04. The average Bonchev–Trinajstić information content (AvgIpc) is 2.23. The van der Waals surface area contributed by atoms with Crippen LogP contribution in [0, 0.1) is 5.92 Å². The van der Waals surface area contributed by atoms with Gasteiger partial charge in [0.05, 0.1) is 0 Å². The predicted octanol–water partition coefficient (Wildman–Crippen LogP) is 1.48. The number of benzene rings is 1. The van der Waals surface area contributed by atoms with Gasteiger partial charge in [-0.1, -0.05) is 24.3 Å². The van der Waals surface area contributed by atoms with Crippen molar-refractivity contribution in [3.63, 3.8) is 0 Å². The Balaban J connectivity index is 2.59. The zero-order valence-electron chi connectivity index (χ0n) is 7.68. The molecule has 1 unspecified atom stereocenters. The van der Waals surface area contributed by atoms with E-state index in [4.69, 9.17) is 5.11 Å². The van der Waals surface area contributed by atoms with Gasteiger partial charge in [-0.15, -0.1) is 0 Å². The third-order valence-corrected chi connectivity index (χ3v) is 2.34. The lowest BCUT2D eigenvalue weighted by molar-refractivity contribution is -0.138. The van der Waals surface area contributed by atoms with Gasteiger partial charge >= 0.3 is 5.97 Å². The van der Waals surface area contributed by atoms with Crippen molar-refractivity contribution >= 4 is 17.5 Å². The van der Waals surface area contributed by atoms with E-state index in [2.05, 4.69) is 0 Å². The number of carbonyl (C=O) groups is 2. The van der Waals surface area contributed by atoms with Gasteiger partial charge in [0, 0.05) is 11.1 Å². The number of rotatable bonds is 1. The van der Waals surface area contributed by atoms with Crippen LogP contribution in [0.1, 0.15) is 15.9 Å². The molecule has 0 spiro atoms. The first-order valence-corrected chi connectivity index (χ1v) is 4.38. The lowest BCUT2D eigenvalue weighted by Crippen LogP contribution is -2.26. The summed E-state index contributed by atoms with van der Waals surface area (Å²) < 4.78 is 0. The van der Waals surface area contributed by atoms with Crippen LogP contribution in [0.15, 0.2) is 30.3 Å². The molecule has 0 aromatic heterocycles. The van der Waals surface area contributed by atoms with Gasteiger partial charge < -0.3 is 10.2 Å². The van der Waals surface area contributed by atoms with Crippen LogP contribution in [-0.2, 0) is 4.79 Å². The fourth-order valence-electron chi connectivity index (χ4n) is 1.60. The summed E-state index contributed by atoms with van der Waals surface area (Å²) in [5, 5.41) is 18.3. The minimum absolute atomic E-state index is 0.155. The van der Waals surface area contributed by atoms with Gasteiger partial charge in [0.15, 0.2) is 5.78 Å². The van der Waals surface area contributed by atoms with Crippen molar-refractivity contribution in [3.05, 3.63) is 41.5 Å². The molecule has 1 aromatic rings. The molecule has 1 aromatic carbocycles. The molecule has 0 saturated carbocycles. The molecule has 15 heavy (non-hydrogen) atoms. The number of hydrogen-bond donors (Lipinski definition) is 2. The topological polar surface area (TPSA) is 74.6 Å². The molecule has 76 valence electrons. The standard InChI is InChI=1S/C11H8O4/c12-9-5-8(11(14)15)10(13)7-4-2-1-3-6(7)9/h1-5,8,12H,(H,14,15). The Morgan fingerprint density at radius 1 is 1.20 bits per heavy atom. The van der Waals surface area contributed by atoms with E-state index >= 15 is 0 Å². The number of carboxylic acids is 1. The van der Waals surface area contributed by atoms with Crippen molar-refractivity contribution in [2.45, 2.75) is 0 Å². The largest absolute Gasteiger partial charge is 0.508 e. The van der Waals surface area contributed by atoms with Crippen LogP contribution in [0.5, 0.6) is 0 Å². The lowest BCUT2D eigenvalue weighted by Gasteiger charge is -2.16. The summed E-state index contributed by atoms with van der Waals surface area (Å²) in [4.78, 5) is 22.4. The normalized spacial score (nSPS) is 19.3. The van der Waals surface area contributed by atoms with Crippen molar-refractivity contribution in [2.24, 2.45) is 5.92 Å². The Hall–Kier alpha value is -2.10. The number of Topliss-reactive ketones (excluding diaryl/α,β-unsaturated/α-hetero) is 1. The van der Waals surface area contributed by atoms with Crippen LogP contribution < -0.4 is 0 Å². The second-order valence-corrected chi connectivity index (χ2v) is 3.28. The molecule has 0 bridgehead atoms. The molecule has 4 nitrogen and oxygen atoms in total. The van der Waals surface area contributed by atoms with Crippen molar-refractivity contribution in [1.82, 2.24) is 0 Å². The summed E-state index contributed by atoms with van der Waals surface area (Å²) in [6.45, 7) is 0. The molecule has 2 N–H and O–H groups in total. The second kappa shape index (κ2) is 3.24. The maximum absolute atomic E-state index is 11.7. The van der Waals surface area contributed by atoms with Gasteiger partial charge in [-0.2, -0.15) is 0 Å². The molecule has 0 radical (unpaired) electrons. The number of aliphatic hydroxyl groups excluding tert-OH is 1. The monoisotopic (exact) mass is 204 g/mol. The number of carboxylic acid groups (broad SMARTS) is 1. The van der Waals surface area contributed by atoms with Crippen molar-refractivity contribution in [1.29, 1.82) is 0 Å². The fraction of sp³-hybridized carbons (Fsp3) is 0.0909. The zero-order chi connectivity index (χ0) is 11.0. The number of hydrogen-bond acceptors (Lipinski definition) is 3. The molecule has 1 atom stereocenters. The van der Waals surface area contributed by atoms with E-state index in [1.165, 1.54) is 6.07 Å². The molecule has 0 fully saturated rings. The SMILES string of the molecule is O=C(O)C1C=C(O)c2ccccc2C1=O. The summed E-state index contributed by atoms with van der Waals surface area (Å²) in [5.74, 6) is -3.17. The van der Waals surface area contributed by atoms with E-state index in [0.717, 1.165) is 6.08 Å². The van der Waals surface area contributed by atoms with E-state index in [9.17, 15) is 14.7 Å². The molecular weight excluding hydrogens is 196 g/mol. The average molecular weight is 204 g/mol. The van der Waals surface area contributed by atoms with Gasteiger partial charge in [-0.25, -0.2) is 0 Å². The summed E-state index contributed by atoms with van der Waals surface area (Å²) in [6, 6.07) is 6.40. The van der Waals surface area contributed by atoms with E-state index in [1.807, 2.05) is 0 Å². The predicted molar refractivity (Wildman–Crippen MR) is 52.5 cm³/mol. The first-order valence-electron chi connectivity index (χ1n) is 4.38. The van der Waals surface area contributed by atoms with E-state index in [-0.39, 0.29) is 11.3 Å². The van der Waals surface area contributed by atoms with Crippen LogP contribution in [0.2, 0.25) is 0 Å². The molecule has 1 aliphatic carbocycles. The number of ketones is 1. The van der Waals surface area contributed by atoms with Crippen LogP contribution >= 0.6 is 0 Å². The molecule has 4 heteroatoms. The molecule has 0 saturated heterocycles. The maximum Gasteiger partial charge on any atom is 0.318 e. The Labute approximate surface area is 85.5 Å². The summed E-state index contributed by atoms with van der Waals surface area (Å²) in [5.41, 5.74) is 0.643. The first-order chi connectivity index (χ1) is 7.11. The highest BCUT2D eigenvalue weighted by Gasteiger charge is 2.32. The zero-order valence-corrected chi connectivity index (χ0v) is 7.68. The molecular formula is C11H8O4. The Morgan fingerprint density at radius 2 is 1.80 bits per heavy atom. The quantitative estimate of drug-likeness (QED) is 0.679. The van der Waals surface area contributed by atoms with E-state index < -0.39 is 17.7 Å². The lowest BCUT2D eigenvalue weighted by atomic mass is 9.87. The summed E-state index contributed by atoms with van der Waals surface area (Å²) >= 11 is 0. The Bertz CT molecular complexity index is 473. The maximum atomic E-state index is 11.7. The minimum atomic E-state index is -1.28. The summed E-state index contributed by atoms with van der Waals surface area (Å²) in [7, 11) is 0. The van der Waals surface area contributed by atoms with Crippen molar-refractivity contribution < 1.29 is 19.8 Å². The molecule has 1 aliphatic rings. The molecule has 0 amide bonds. The third-order valence-electron chi connectivity index (χ3n) is 2.34. The van der Waals surface area contributed by atoms with Crippen molar-refractivity contribution in [3.8, 4) is 0 Å². The number of aliphatic hydroxyl groups is 1.